The molecule has 20 heavy (non-hydrogen) atoms. The molecule has 0 aliphatic rings. The lowest BCUT2D eigenvalue weighted by molar-refractivity contribution is -0.133. The number of ether oxygens (including phenoxy) is 1. The van der Waals surface area contributed by atoms with Gasteiger partial charge in [0.05, 0.1) is 0 Å². The predicted molar refractivity (Wildman–Crippen MR) is 71.4 cm³/mol. The summed E-state index contributed by atoms with van der Waals surface area (Å²) >= 11 is 0. The molecular formula is C14H16FNO4. The third-order valence-corrected chi connectivity index (χ3v) is 2.05. The number of hydrogen-bond donors (Lipinski definition) is 2. The van der Waals surface area contributed by atoms with E-state index >= 15 is 0 Å². The average Bonchev–Trinajstić information content (AvgIpc) is 2.28. The van der Waals surface area contributed by atoms with Crippen LogP contribution >= 0.6 is 0 Å². The maximum Gasteiger partial charge on any atom is 0.412 e. The highest BCUT2D eigenvalue weighted by Crippen LogP contribution is 2.10. The van der Waals surface area contributed by atoms with Crippen LogP contribution in [0.1, 0.15) is 26.3 Å². The van der Waals surface area contributed by atoms with Crippen molar-refractivity contribution in [1.29, 1.82) is 0 Å². The Bertz CT molecular complexity index is 529. The largest absolute Gasteiger partial charge is 0.477 e. The maximum absolute atomic E-state index is 12.8. The van der Waals surface area contributed by atoms with Crippen molar-refractivity contribution >= 4 is 18.1 Å². The van der Waals surface area contributed by atoms with Crippen LogP contribution in [-0.2, 0) is 9.53 Å². The van der Waals surface area contributed by atoms with E-state index in [1.807, 2.05) is 0 Å². The zero-order chi connectivity index (χ0) is 15.3. The van der Waals surface area contributed by atoms with Crippen LogP contribution in [0.2, 0.25) is 0 Å². The second-order valence-electron chi connectivity index (χ2n) is 5.04. The van der Waals surface area contributed by atoms with Crippen LogP contribution < -0.4 is 5.32 Å². The monoisotopic (exact) mass is 281 g/mol. The minimum atomic E-state index is -1.32. The summed E-state index contributed by atoms with van der Waals surface area (Å²) in [4.78, 5) is 22.6. The molecule has 0 bridgehead atoms. The van der Waals surface area contributed by atoms with Crippen molar-refractivity contribution in [3.8, 4) is 0 Å². The third-order valence-electron chi connectivity index (χ3n) is 2.05. The first kappa shape index (κ1) is 15.7. The number of benzene rings is 1. The van der Waals surface area contributed by atoms with E-state index in [0.717, 1.165) is 0 Å². The van der Waals surface area contributed by atoms with Gasteiger partial charge in [-0.05, 0) is 44.5 Å². The highest BCUT2D eigenvalue weighted by Gasteiger charge is 2.19. The summed E-state index contributed by atoms with van der Waals surface area (Å²) in [6, 6.07) is 5.18. The van der Waals surface area contributed by atoms with Gasteiger partial charge < -0.3 is 9.84 Å². The van der Waals surface area contributed by atoms with Crippen LogP contribution in [0.5, 0.6) is 0 Å². The van der Waals surface area contributed by atoms with Gasteiger partial charge in [-0.1, -0.05) is 12.1 Å². The molecule has 1 amide bonds. The number of halogens is 1. The zero-order valence-corrected chi connectivity index (χ0v) is 11.4. The molecule has 0 spiro atoms. The van der Waals surface area contributed by atoms with E-state index in [9.17, 15) is 14.0 Å². The molecule has 2 N–H and O–H groups in total. The number of aliphatic carboxylic acids is 1. The van der Waals surface area contributed by atoms with Crippen LogP contribution in [0.25, 0.3) is 6.08 Å². The van der Waals surface area contributed by atoms with Gasteiger partial charge in [0.25, 0.3) is 0 Å². The molecule has 1 rings (SSSR count). The van der Waals surface area contributed by atoms with E-state index in [0.29, 0.717) is 5.56 Å². The van der Waals surface area contributed by atoms with Gasteiger partial charge >= 0.3 is 12.1 Å². The second kappa shape index (κ2) is 6.18. The number of amides is 1. The van der Waals surface area contributed by atoms with Crippen molar-refractivity contribution < 1.29 is 23.8 Å². The minimum absolute atomic E-state index is 0.356. The van der Waals surface area contributed by atoms with Crippen molar-refractivity contribution in [2.45, 2.75) is 26.4 Å². The number of carbonyl (C=O) groups is 2. The smallest absolute Gasteiger partial charge is 0.412 e. The molecule has 1 aromatic carbocycles. The van der Waals surface area contributed by atoms with Gasteiger partial charge in [0, 0.05) is 0 Å². The van der Waals surface area contributed by atoms with E-state index in [1.54, 1.807) is 20.8 Å². The molecule has 0 fully saturated rings. The van der Waals surface area contributed by atoms with Gasteiger partial charge in [-0.2, -0.15) is 0 Å². The molecule has 0 saturated carbocycles. The molecule has 0 aromatic heterocycles. The van der Waals surface area contributed by atoms with Crippen molar-refractivity contribution in [3.05, 3.63) is 41.3 Å². The molecule has 0 saturated heterocycles. The molecular weight excluding hydrogens is 265 g/mol. The number of alkyl carbamates (subject to hydrolysis) is 1. The Morgan fingerprint density at radius 2 is 1.80 bits per heavy atom. The van der Waals surface area contributed by atoms with Crippen molar-refractivity contribution in [1.82, 2.24) is 5.32 Å². The minimum Gasteiger partial charge on any atom is -0.477 e. The Labute approximate surface area is 116 Å². The Hall–Kier alpha value is -2.37. The standard InChI is InChI=1S/C14H16FNO4/c1-14(2,3)20-13(19)16-11(12(17)18)8-9-4-6-10(15)7-5-9/h4-8H,1-3H3,(H,16,19)(H,17,18)/b11-8-. The second-order valence-corrected chi connectivity index (χ2v) is 5.04. The summed E-state index contributed by atoms with van der Waals surface area (Å²) in [5.74, 6) is -1.75. The molecule has 6 heteroatoms. The van der Waals surface area contributed by atoms with Gasteiger partial charge in [0.1, 0.15) is 17.1 Å². The van der Waals surface area contributed by atoms with Crippen LogP contribution in [-0.4, -0.2) is 22.8 Å². The molecule has 0 aliphatic heterocycles. The van der Waals surface area contributed by atoms with Crippen LogP contribution in [0.4, 0.5) is 9.18 Å². The quantitative estimate of drug-likeness (QED) is 0.835. The topological polar surface area (TPSA) is 75.6 Å². The van der Waals surface area contributed by atoms with Gasteiger partial charge in [-0.25, -0.2) is 14.0 Å². The van der Waals surface area contributed by atoms with E-state index in [1.165, 1.54) is 30.3 Å². The van der Waals surface area contributed by atoms with Gasteiger partial charge in [0.2, 0.25) is 0 Å². The third kappa shape index (κ3) is 5.51. The summed E-state index contributed by atoms with van der Waals surface area (Å²) < 4.78 is 17.7. The molecule has 0 atom stereocenters. The molecule has 0 heterocycles. The average molecular weight is 281 g/mol. The SMILES string of the molecule is CC(C)(C)OC(=O)N/C(=C\c1ccc(F)cc1)C(=O)O. The molecule has 1 aromatic rings. The molecule has 5 nitrogen and oxygen atoms in total. The van der Waals surface area contributed by atoms with E-state index in [-0.39, 0.29) is 5.70 Å². The number of carboxylic acids is 1. The first-order chi connectivity index (χ1) is 9.17. The zero-order valence-electron chi connectivity index (χ0n) is 11.4. The van der Waals surface area contributed by atoms with E-state index in [4.69, 9.17) is 9.84 Å². The summed E-state index contributed by atoms with van der Waals surface area (Å²) in [5.41, 5.74) is -0.644. The Kier molecular flexibility index (Phi) is 4.85. The summed E-state index contributed by atoms with van der Waals surface area (Å²) in [6.07, 6.45) is 0.347. The molecule has 0 unspecified atom stereocenters. The van der Waals surface area contributed by atoms with E-state index in [2.05, 4.69) is 5.32 Å². The molecule has 0 radical (unpaired) electrons. The van der Waals surface area contributed by atoms with Crippen LogP contribution in [0.15, 0.2) is 30.0 Å². The van der Waals surface area contributed by atoms with Crippen LogP contribution in [0, 0.1) is 5.82 Å². The van der Waals surface area contributed by atoms with Gasteiger partial charge in [0.15, 0.2) is 0 Å². The first-order valence-electron chi connectivity index (χ1n) is 5.88. The number of nitrogens with one attached hydrogen (secondary N) is 1. The lowest BCUT2D eigenvalue weighted by Gasteiger charge is -2.19. The fraction of sp³-hybridized carbons (Fsp3) is 0.286. The fourth-order valence-electron chi connectivity index (χ4n) is 1.29. The number of rotatable bonds is 3. The Morgan fingerprint density at radius 1 is 1.25 bits per heavy atom. The summed E-state index contributed by atoms with van der Waals surface area (Å²) in [6.45, 7) is 4.99. The number of hydrogen-bond acceptors (Lipinski definition) is 3. The predicted octanol–water partition coefficient (Wildman–Crippen LogP) is 2.78. The number of carbonyl (C=O) groups excluding carboxylic acids is 1. The van der Waals surface area contributed by atoms with Gasteiger partial charge in [-0.15, -0.1) is 0 Å². The van der Waals surface area contributed by atoms with Crippen LogP contribution in [0.3, 0.4) is 0 Å². The lowest BCUT2D eigenvalue weighted by Crippen LogP contribution is -2.34. The highest BCUT2D eigenvalue weighted by molar-refractivity contribution is 5.95. The number of carboxylic acid groups (broad SMARTS) is 1. The summed E-state index contributed by atoms with van der Waals surface area (Å²) in [7, 11) is 0. The Morgan fingerprint density at radius 3 is 2.25 bits per heavy atom. The maximum atomic E-state index is 12.8. The molecule has 0 aliphatic carbocycles. The van der Waals surface area contributed by atoms with E-state index < -0.39 is 23.5 Å². The van der Waals surface area contributed by atoms with Gasteiger partial charge in [-0.3, -0.25) is 5.32 Å². The molecule has 108 valence electrons. The summed E-state index contributed by atoms with van der Waals surface area (Å²) in [5, 5.41) is 11.2. The van der Waals surface area contributed by atoms with Crippen molar-refractivity contribution in [2.24, 2.45) is 0 Å². The first-order valence-corrected chi connectivity index (χ1v) is 5.88. The Balaban J connectivity index is 2.87. The fourth-order valence-corrected chi connectivity index (χ4v) is 1.29. The van der Waals surface area contributed by atoms with Crippen molar-refractivity contribution in [2.75, 3.05) is 0 Å². The lowest BCUT2D eigenvalue weighted by atomic mass is 10.2. The van der Waals surface area contributed by atoms with Crippen molar-refractivity contribution in [3.63, 3.8) is 0 Å². The highest BCUT2D eigenvalue weighted by atomic mass is 19.1. The normalized spacial score (nSPS) is 11.9.